The monoisotopic (exact) mass is 450 g/mol. The van der Waals surface area contributed by atoms with Crippen molar-refractivity contribution in [2.45, 2.75) is 19.8 Å². The number of hydrogen-bond donors (Lipinski definition) is 3. The molecule has 0 aliphatic heterocycles. The number of anilines is 3. The number of nitrogens with two attached hydrogens (primary N) is 1. The zero-order valence-corrected chi connectivity index (χ0v) is 17.8. The summed E-state index contributed by atoms with van der Waals surface area (Å²) in [5.41, 5.74) is 7.51. The van der Waals surface area contributed by atoms with Gasteiger partial charge in [0.1, 0.15) is 29.2 Å². The molecule has 0 aliphatic rings. The number of hydrogen-bond acceptors (Lipinski definition) is 5. The number of benzene rings is 2. The fraction of sp³-hybridized carbons (Fsp3) is 0.130. The first-order valence-electron chi connectivity index (χ1n) is 10.0. The number of fused-ring (bicyclic) bond motifs is 1. The first-order valence-corrected chi connectivity index (χ1v) is 10.0. The molecule has 0 unspecified atom stereocenters. The number of nitrogens with zero attached hydrogens (tertiary/aromatic N) is 3. The van der Waals surface area contributed by atoms with Crippen LogP contribution >= 0.6 is 0 Å². The van der Waals surface area contributed by atoms with Crippen molar-refractivity contribution in [2.24, 2.45) is 0 Å². The van der Waals surface area contributed by atoms with Crippen molar-refractivity contribution in [1.29, 1.82) is 0 Å². The minimum Gasteiger partial charge on any atom is -0.382 e. The molecule has 4 N–H and O–H groups in total. The van der Waals surface area contributed by atoms with Gasteiger partial charge in [-0.1, -0.05) is 32.0 Å². The second kappa shape index (κ2) is 8.65. The Morgan fingerprint density at radius 2 is 1.73 bits per heavy atom. The normalized spacial score (nSPS) is 11.1. The lowest BCUT2D eigenvalue weighted by Gasteiger charge is -2.10. The first kappa shape index (κ1) is 21.9. The van der Waals surface area contributed by atoms with Crippen LogP contribution < -0.4 is 16.4 Å². The number of halogens is 2. The number of rotatable bonds is 5. The minimum atomic E-state index is -0.907. The van der Waals surface area contributed by atoms with Gasteiger partial charge in [-0.3, -0.25) is 4.79 Å². The molecule has 0 saturated heterocycles. The average Bonchev–Trinajstić information content (AvgIpc) is 3.17. The van der Waals surface area contributed by atoms with E-state index in [-0.39, 0.29) is 28.8 Å². The molecule has 2 aromatic carbocycles. The van der Waals surface area contributed by atoms with E-state index >= 15 is 0 Å². The maximum Gasteiger partial charge on any atom is 0.323 e. The van der Waals surface area contributed by atoms with Crippen molar-refractivity contribution in [3.63, 3.8) is 0 Å². The number of amides is 2. The van der Waals surface area contributed by atoms with Gasteiger partial charge >= 0.3 is 6.03 Å². The molecule has 168 valence electrons. The van der Waals surface area contributed by atoms with Gasteiger partial charge in [0.25, 0.3) is 0 Å². The number of nitrogen functional groups attached to an aromatic ring is 1. The number of urea groups is 1. The van der Waals surface area contributed by atoms with Crippen LogP contribution in [-0.2, 0) is 0 Å². The van der Waals surface area contributed by atoms with E-state index in [0.29, 0.717) is 11.1 Å². The maximum absolute atomic E-state index is 13.8. The minimum absolute atomic E-state index is 0.0730. The number of carbonyl (C=O) groups excluding carboxylic acids is 2. The van der Waals surface area contributed by atoms with Gasteiger partial charge in [-0.15, -0.1) is 0 Å². The predicted octanol–water partition coefficient (Wildman–Crippen LogP) is 4.59. The number of para-hydroxylation sites is 1. The van der Waals surface area contributed by atoms with E-state index in [2.05, 4.69) is 20.7 Å². The van der Waals surface area contributed by atoms with Crippen LogP contribution in [0.5, 0.6) is 0 Å². The third-order valence-electron chi connectivity index (χ3n) is 5.03. The Morgan fingerprint density at radius 1 is 1.03 bits per heavy atom. The van der Waals surface area contributed by atoms with Crippen LogP contribution in [0.3, 0.4) is 0 Å². The molecule has 0 bridgehead atoms. The van der Waals surface area contributed by atoms with E-state index in [0.717, 1.165) is 17.8 Å². The van der Waals surface area contributed by atoms with Crippen LogP contribution in [0.15, 0.2) is 54.9 Å². The smallest absolute Gasteiger partial charge is 0.323 e. The average molecular weight is 450 g/mol. The largest absolute Gasteiger partial charge is 0.382 e. The van der Waals surface area contributed by atoms with E-state index in [1.54, 1.807) is 28.8 Å². The van der Waals surface area contributed by atoms with E-state index in [1.807, 2.05) is 13.8 Å². The van der Waals surface area contributed by atoms with Crippen LogP contribution in [0.4, 0.5) is 30.8 Å². The summed E-state index contributed by atoms with van der Waals surface area (Å²) in [6.45, 7) is 3.94. The van der Waals surface area contributed by atoms with Crippen molar-refractivity contribution in [2.75, 3.05) is 16.4 Å². The van der Waals surface area contributed by atoms with E-state index in [4.69, 9.17) is 5.73 Å². The van der Waals surface area contributed by atoms with Crippen molar-refractivity contribution >= 4 is 34.5 Å². The molecule has 0 radical (unpaired) electrons. The highest BCUT2D eigenvalue weighted by molar-refractivity contribution is 6.15. The molecule has 2 amide bonds. The van der Waals surface area contributed by atoms with E-state index < -0.39 is 23.4 Å². The van der Waals surface area contributed by atoms with Gasteiger partial charge in [-0.2, -0.15) is 5.10 Å². The van der Waals surface area contributed by atoms with E-state index in [1.165, 1.54) is 18.5 Å². The highest BCUT2D eigenvalue weighted by Gasteiger charge is 2.22. The molecule has 0 fully saturated rings. The highest BCUT2D eigenvalue weighted by Crippen LogP contribution is 2.27. The van der Waals surface area contributed by atoms with Crippen molar-refractivity contribution in [1.82, 2.24) is 14.6 Å². The van der Waals surface area contributed by atoms with Crippen molar-refractivity contribution in [3.8, 4) is 0 Å². The summed E-state index contributed by atoms with van der Waals surface area (Å²) in [7, 11) is 0. The number of aromatic nitrogens is 3. The molecular weight excluding hydrogens is 430 g/mol. The molecule has 33 heavy (non-hydrogen) atoms. The Labute approximate surface area is 187 Å². The van der Waals surface area contributed by atoms with Crippen LogP contribution in [0.25, 0.3) is 5.52 Å². The summed E-state index contributed by atoms with van der Waals surface area (Å²) in [6, 6.07) is 10.3. The number of nitrogens with one attached hydrogen (secondary N) is 2. The second-order valence-corrected chi connectivity index (χ2v) is 7.63. The number of ketones is 1. The quantitative estimate of drug-likeness (QED) is 0.385. The SMILES string of the molecule is CC(C)c1cc(C(=O)c2cccc(NC(=O)Nc3c(F)cccc3F)c2)c2c(N)ncnn12. The number of carbonyl (C=O) groups is 2. The molecule has 4 rings (SSSR count). The molecule has 0 aliphatic carbocycles. The summed E-state index contributed by atoms with van der Waals surface area (Å²) in [6.07, 6.45) is 1.32. The standard InChI is InChI=1S/C23H20F2N6O2/c1-12(2)18-10-15(20-22(26)27-11-28-31(18)20)21(32)13-5-3-6-14(9-13)29-23(33)30-19-16(24)7-4-8-17(19)25/h3-12H,1-2H3,(H2,26,27,28)(H2,29,30,33). The molecule has 10 heteroatoms. The first-order chi connectivity index (χ1) is 15.8. The van der Waals surface area contributed by atoms with Crippen LogP contribution in [-0.4, -0.2) is 26.4 Å². The summed E-state index contributed by atoms with van der Waals surface area (Å²) < 4.78 is 29.1. The summed E-state index contributed by atoms with van der Waals surface area (Å²) in [4.78, 5) is 29.6. The lowest BCUT2D eigenvalue weighted by atomic mass is 10.0. The third-order valence-corrected chi connectivity index (χ3v) is 5.03. The molecule has 4 aromatic rings. The van der Waals surface area contributed by atoms with Crippen LogP contribution in [0.1, 0.15) is 41.4 Å². The predicted molar refractivity (Wildman–Crippen MR) is 120 cm³/mol. The lowest BCUT2D eigenvalue weighted by molar-refractivity contribution is 0.104. The van der Waals surface area contributed by atoms with Gasteiger partial charge in [0.2, 0.25) is 0 Å². The topological polar surface area (TPSA) is 114 Å². The van der Waals surface area contributed by atoms with Gasteiger partial charge in [0, 0.05) is 16.9 Å². The molecule has 2 heterocycles. The van der Waals surface area contributed by atoms with Gasteiger partial charge in [-0.05, 0) is 36.2 Å². The summed E-state index contributed by atoms with van der Waals surface area (Å²) in [5.74, 6) is -1.92. The Morgan fingerprint density at radius 3 is 2.42 bits per heavy atom. The molecular formula is C23H20F2N6O2. The summed E-state index contributed by atoms with van der Waals surface area (Å²) in [5, 5.41) is 8.82. The van der Waals surface area contributed by atoms with Crippen LogP contribution in [0.2, 0.25) is 0 Å². The second-order valence-electron chi connectivity index (χ2n) is 7.63. The fourth-order valence-electron chi connectivity index (χ4n) is 3.46. The summed E-state index contributed by atoms with van der Waals surface area (Å²) >= 11 is 0. The molecule has 2 aromatic heterocycles. The molecule has 0 spiro atoms. The zero-order valence-electron chi connectivity index (χ0n) is 17.8. The Balaban J connectivity index is 1.62. The Kier molecular flexibility index (Phi) is 5.74. The molecule has 8 nitrogen and oxygen atoms in total. The Bertz CT molecular complexity index is 1360. The van der Waals surface area contributed by atoms with Gasteiger partial charge < -0.3 is 16.4 Å². The highest BCUT2D eigenvalue weighted by atomic mass is 19.1. The van der Waals surface area contributed by atoms with Gasteiger partial charge in [0.15, 0.2) is 11.6 Å². The molecule has 0 saturated carbocycles. The van der Waals surface area contributed by atoms with Gasteiger partial charge in [-0.25, -0.2) is 23.1 Å². The zero-order chi connectivity index (χ0) is 23.7. The van der Waals surface area contributed by atoms with Crippen LogP contribution in [0, 0.1) is 11.6 Å². The third kappa shape index (κ3) is 4.22. The van der Waals surface area contributed by atoms with E-state index in [9.17, 15) is 18.4 Å². The molecule has 0 atom stereocenters. The Hall–Kier alpha value is -4.34. The van der Waals surface area contributed by atoms with Crippen molar-refractivity contribution < 1.29 is 18.4 Å². The lowest BCUT2D eigenvalue weighted by Crippen LogP contribution is -2.21. The van der Waals surface area contributed by atoms with Crippen molar-refractivity contribution in [3.05, 3.63) is 83.3 Å². The fourth-order valence-corrected chi connectivity index (χ4v) is 3.46. The maximum atomic E-state index is 13.8. The van der Waals surface area contributed by atoms with Gasteiger partial charge in [0.05, 0.1) is 5.56 Å².